The minimum absolute atomic E-state index is 0.188. The van der Waals surface area contributed by atoms with E-state index in [0.29, 0.717) is 33.8 Å². The molecule has 0 radical (unpaired) electrons. The number of halogens is 1. The molecule has 0 unspecified atom stereocenters. The van der Waals surface area contributed by atoms with Crippen LogP contribution in [0.25, 0.3) is 6.08 Å². The summed E-state index contributed by atoms with van der Waals surface area (Å²) >= 11 is 3.41. The van der Waals surface area contributed by atoms with Gasteiger partial charge in [0, 0.05) is 11.8 Å². The minimum Gasteiger partial charge on any atom is -0.493 e. The molecule has 0 spiro atoms. The second-order valence-corrected chi connectivity index (χ2v) is 9.73. The number of nitrogens with one attached hydrogen (secondary N) is 2. The molecule has 5 amide bonds. The molecule has 1 aliphatic rings. The van der Waals surface area contributed by atoms with Crippen LogP contribution >= 0.6 is 15.9 Å². The van der Waals surface area contributed by atoms with Crippen LogP contribution in [-0.4, -0.2) is 51.2 Å². The fraction of sp³-hybridized carbons (Fsp3) is 0.200. The van der Waals surface area contributed by atoms with E-state index >= 15 is 0 Å². The summed E-state index contributed by atoms with van der Waals surface area (Å²) in [6.45, 7) is 2.13. The summed E-state index contributed by atoms with van der Waals surface area (Å²) in [5.74, 6) is -0.797. The number of hydrogen-bond acceptors (Lipinski definition) is 8. The molecule has 2 N–H and O–H groups in total. The Morgan fingerprint density at radius 3 is 2.38 bits per heavy atom. The Bertz CT molecular complexity index is 1540. The molecule has 0 atom stereocenters. The third-order valence-corrected chi connectivity index (χ3v) is 6.53. The average molecular weight is 638 g/mol. The molecule has 3 aromatic rings. The first-order valence-electron chi connectivity index (χ1n) is 12.8. The highest BCUT2D eigenvalue weighted by atomic mass is 79.9. The van der Waals surface area contributed by atoms with Crippen molar-refractivity contribution in [3.8, 4) is 23.0 Å². The van der Waals surface area contributed by atoms with Crippen molar-refractivity contribution in [2.75, 3.05) is 37.7 Å². The van der Waals surface area contributed by atoms with E-state index in [1.807, 2.05) is 13.0 Å². The number of nitrogens with zero attached hydrogens (tertiary/aromatic N) is 1. The van der Waals surface area contributed by atoms with Gasteiger partial charge in [0.1, 0.15) is 5.57 Å². The van der Waals surface area contributed by atoms with Gasteiger partial charge in [0.05, 0.1) is 31.0 Å². The molecule has 1 heterocycles. The molecule has 12 heteroatoms. The Balaban J connectivity index is 1.57. The van der Waals surface area contributed by atoms with Gasteiger partial charge < -0.3 is 24.3 Å². The Morgan fingerprint density at radius 2 is 1.69 bits per heavy atom. The Hall–Kier alpha value is -4.84. The highest BCUT2D eigenvalue weighted by Gasteiger charge is 2.37. The molecule has 218 valence electrons. The van der Waals surface area contributed by atoms with E-state index in [-0.39, 0.29) is 35.3 Å². The SMILES string of the molecule is CCCOc1ccc(N2C(=O)NC(=O)/C(=C/c3cc(Br)c(OCC(=O)Nc4ccccc4)c(OC)c3)C2=O)cc1OC. The molecule has 0 aromatic heterocycles. The number of methoxy groups -OCH3 is 2. The maximum atomic E-state index is 13.4. The fourth-order valence-electron chi connectivity index (χ4n) is 4.00. The zero-order valence-corrected chi connectivity index (χ0v) is 24.6. The van der Waals surface area contributed by atoms with Crippen LogP contribution in [0.2, 0.25) is 0 Å². The van der Waals surface area contributed by atoms with E-state index in [4.69, 9.17) is 18.9 Å². The van der Waals surface area contributed by atoms with Crippen LogP contribution in [0.5, 0.6) is 23.0 Å². The molecular weight excluding hydrogens is 610 g/mol. The number of carbonyl (C=O) groups excluding carboxylic acids is 4. The summed E-state index contributed by atoms with van der Waals surface area (Å²) in [5.41, 5.74) is 0.924. The molecule has 1 saturated heterocycles. The Morgan fingerprint density at radius 1 is 0.952 bits per heavy atom. The van der Waals surface area contributed by atoms with Gasteiger partial charge in [-0.3, -0.25) is 19.7 Å². The standard InChI is InChI=1S/C30H28BrN3O8/c1-4-12-41-23-11-10-20(16-24(23)39-2)34-29(37)21(28(36)33-30(34)38)13-18-14-22(31)27(25(15-18)40-3)42-17-26(35)32-19-8-6-5-7-9-19/h5-11,13-16H,4,12,17H2,1-3H3,(H,32,35)(H,33,36,38)/b21-13-. The van der Waals surface area contributed by atoms with E-state index < -0.39 is 17.8 Å². The van der Waals surface area contributed by atoms with Crippen LogP contribution < -0.4 is 34.5 Å². The highest BCUT2D eigenvalue weighted by molar-refractivity contribution is 9.10. The van der Waals surface area contributed by atoms with Crippen LogP contribution in [0.1, 0.15) is 18.9 Å². The number of ether oxygens (including phenoxy) is 4. The third-order valence-electron chi connectivity index (χ3n) is 5.94. The molecule has 42 heavy (non-hydrogen) atoms. The number of para-hydroxylation sites is 1. The first-order chi connectivity index (χ1) is 20.2. The molecule has 0 aliphatic carbocycles. The lowest BCUT2D eigenvalue weighted by atomic mass is 10.1. The second kappa shape index (κ2) is 13.7. The average Bonchev–Trinajstić information content (AvgIpc) is 2.98. The van der Waals surface area contributed by atoms with Gasteiger partial charge >= 0.3 is 6.03 Å². The maximum Gasteiger partial charge on any atom is 0.335 e. The first kappa shape index (κ1) is 30.1. The van der Waals surface area contributed by atoms with Gasteiger partial charge in [0.25, 0.3) is 17.7 Å². The zero-order chi connectivity index (χ0) is 30.2. The number of hydrogen-bond donors (Lipinski definition) is 2. The lowest BCUT2D eigenvalue weighted by molar-refractivity contribution is -0.122. The number of anilines is 2. The Labute approximate surface area is 250 Å². The van der Waals surface area contributed by atoms with Crippen LogP contribution in [0.15, 0.2) is 70.7 Å². The predicted octanol–water partition coefficient (Wildman–Crippen LogP) is 4.94. The van der Waals surface area contributed by atoms with Crippen molar-refractivity contribution in [3.05, 3.63) is 76.3 Å². The molecule has 11 nitrogen and oxygen atoms in total. The van der Waals surface area contributed by atoms with Crippen LogP contribution in [0, 0.1) is 0 Å². The summed E-state index contributed by atoms with van der Waals surface area (Å²) in [5, 5.41) is 4.92. The molecule has 1 aliphatic heterocycles. The quantitative estimate of drug-likeness (QED) is 0.223. The molecule has 0 saturated carbocycles. The lowest BCUT2D eigenvalue weighted by Gasteiger charge is -2.27. The zero-order valence-electron chi connectivity index (χ0n) is 23.1. The number of amides is 5. The van der Waals surface area contributed by atoms with Gasteiger partial charge in [0.2, 0.25) is 0 Å². The molecule has 3 aromatic carbocycles. The van der Waals surface area contributed by atoms with E-state index in [0.717, 1.165) is 11.3 Å². The number of carbonyl (C=O) groups is 4. The van der Waals surface area contributed by atoms with Gasteiger partial charge in [-0.25, -0.2) is 9.69 Å². The number of benzene rings is 3. The largest absolute Gasteiger partial charge is 0.493 e. The van der Waals surface area contributed by atoms with Crippen molar-refractivity contribution < 1.29 is 38.1 Å². The van der Waals surface area contributed by atoms with Crippen molar-refractivity contribution in [1.29, 1.82) is 0 Å². The van der Waals surface area contributed by atoms with E-state index in [1.54, 1.807) is 36.4 Å². The van der Waals surface area contributed by atoms with E-state index in [2.05, 4.69) is 26.6 Å². The summed E-state index contributed by atoms with van der Waals surface area (Å²) in [6, 6.07) is 15.8. The summed E-state index contributed by atoms with van der Waals surface area (Å²) < 4.78 is 22.6. The van der Waals surface area contributed by atoms with Gasteiger partial charge in [0.15, 0.2) is 29.6 Å². The summed E-state index contributed by atoms with van der Waals surface area (Å²) in [6.07, 6.45) is 2.11. The molecule has 4 rings (SSSR count). The predicted molar refractivity (Wildman–Crippen MR) is 159 cm³/mol. The number of rotatable bonds is 11. The summed E-state index contributed by atoms with van der Waals surface area (Å²) in [7, 11) is 2.86. The number of urea groups is 1. The van der Waals surface area contributed by atoms with Crippen molar-refractivity contribution in [2.45, 2.75) is 13.3 Å². The van der Waals surface area contributed by atoms with Crippen molar-refractivity contribution >= 4 is 57.1 Å². The molecular formula is C30H28BrN3O8. The van der Waals surface area contributed by atoms with Gasteiger partial charge in [-0.15, -0.1) is 0 Å². The van der Waals surface area contributed by atoms with Crippen molar-refractivity contribution in [1.82, 2.24) is 5.32 Å². The van der Waals surface area contributed by atoms with Crippen molar-refractivity contribution in [3.63, 3.8) is 0 Å². The van der Waals surface area contributed by atoms with Gasteiger partial charge in [-0.1, -0.05) is 25.1 Å². The molecule has 0 bridgehead atoms. The number of barbiturate groups is 1. The highest BCUT2D eigenvalue weighted by Crippen LogP contribution is 2.38. The van der Waals surface area contributed by atoms with Crippen LogP contribution in [0.3, 0.4) is 0 Å². The maximum absolute atomic E-state index is 13.4. The Kier molecular flexibility index (Phi) is 9.81. The lowest BCUT2D eigenvalue weighted by Crippen LogP contribution is -2.54. The monoisotopic (exact) mass is 637 g/mol. The molecule has 1 fully saturated rings. The smallest absolute Gasteiger partial charge is 0.335 e. The topological polar surface area (TPSA) is 132 Å². The second-order valence-electron chi connectivity index (χ2n) is 8.88. The number of imide groups is 2. The fourth-order valence-corrected chi connectivity index (χ4v) is 4.58. The van der Waals surface area contributed by atoms with E-state index in [1.165, 1.54) is 38.5 Å². The first-order valence-corrected chi connectivity index (χ1v) is 13.6. The van der Waals surface area contributed by atoms with E-state index in [9.17, 15) is 19.2 Å². The van der Waals surface area contributed by atoms with Crippen molar-refractivity contribution in [2.24, 2.45) is 0 Å². The van der Waals surface area contributed by atoms with Crippen LogP contribution in [0.4, 0.5) is 16.2 Å². The van der Waals surface area contributed by atoms with Gasteiger partial charge in [-0.05, 0) is 70.4 Å². The normalized spacial score (nSPS) is 14.0. The van der Waals surface area contributed by atoms with Crippen LogP contribution in [-0.2, 0) is 14.4 Å². The minimum atomic E-state index is -0.900. The summed E-state index contributed by atoms with van der Waals surface area (Å²) in [4.78, 5) is 52.1. The van der Waals surface area contributed by atoms with Gasteiger partial charge in [-0.2, -0.15) is 0 Å². The third kappa shape index (κ3) is 6.89.